The summed E-state index contributed by atoms with van der Waals surface area (Å²) in [5.41, 5.74) is 0. The molecule has 0 aromatic rings. The number of rotatable bonds is 3. The molecule has 1 N–H and O–H groups in total. The molecule has 1 saturated carbocycles. The largest absolute Gasteiger partial charge is 0.355 e. The van der Waals surface area contributed by atoms with Gasteiger partial charge in [-0.2, -0.15) is 0 Å². The zero-order valence-corrected chi connectivity index (χ0v) is 9.71. The van der Waals surface area contributed by atoms with Gasteiger partial charge in [0.25, 0.3) is 0 Å². The molecule has 2 rings (SSSR count). The molecule has 0 bridgehead atoms. The average Bonchev–Trinajstić information content (AvgIpc) is 2.29. The van der Waals surface area contributed by atoms with E-state index >= 15 is 0 Å². The molecular formula is C12H23NO2. The van der Waals surface area contributed by atoms with Crippen molar-refractivity contribution in [1.29, 1.82) is 0 Å². The Balaban J connectivity index is 1.67. The van der Waals surface area contributed by atoms with Gasteiger partial charge in [0, 0.05) is 12.6 Å². The van der Waals surface area contributed by atoms with Gasteiger partial charge < -0.3 is 14.8 Å². The summed E-state index contributed by atoms with van der Waals surface area (Å²) in [7, 11) is 0. The fraction of sp³-hybridized carbons (Fsp3) is 1.00. The Morgan fingerprint density at radius 2 is 2.07 bits per heavy atom. The van der Waals surface area contributed by atoms with Gasteiger partial charge >= 0.3 is 0 Å². The molecule has 2 fully saturated rings. The smallest absolute Gasteiger partial charge is 0.147 e. The van der Waals surface area contributed by atoms with Crippen LogP contribution in [0.25, 0.3) is 0 Å². The molecule has 15 heavy (non-hydrogen) atoms. The summed E-state index contributed by atoms with van der Waals surface area (Å²) < 4.78 is 10.7. The van der Waals surface area contributed by atoms with Crippen LogP contribution in [0, 0.1) is 5.92 Å². The van der Waals surface area contributed by atoms with Crippen molar-refractivity contribution in [3.63, 3.8) is 0 Å². The highest BCUT2D eigenvalue weighted by molar-refractivity contribution is 4.79. The summed E-state index contributed by atoms with van der Waals surface area (Å²) in [6, 6.07) is 0.713. The number of nitrogens with one attached hydrogen (secondary N) is 1. The highest BCUT2D eigenvalue weighted by Gasteiger charge is 2.22. The minimum absolute atomic E-state index is 0.368. The van der Waals surface area contributed by atoms with Crippen LogP contribution in [-0.2, 0) is 9.47 Å². The van der Waals surface area contributed by atoms with Gasteiger partial charge in [0.2, 0.25) is 0 Å². The first-order chi connectivity index (χ1) is 7.36. The summed E-state index contributed by atoms with van der Waals surface area (Å²) >= 11 is 0. The summed E-state index contributed by atoms with van der Waals surface area (Å²) in [5, 5.41) is 3.66. The van der Waals surface area contributed by atoms with Gasteiger partial charge in [0.1, 0.15) is 6.79 Å². The van der Waals surface area contributed by atoms with Crippen molar-refractivity contribution in [2.45, 2.75) is 51.2 Å². The van der Waals surface area contributed by atoms with Crippen LogP contribution >= 0.6 is 0 Å². The third-order valence-electron chi connectivity index (χ3n) is 3.69. The van der Waals surface area contributed by atoms with Crippen molar-refractivity contribution in [2.24, 2.45) is 5.92 Å². The monoisotopic (exact) mass is 213 g/mol. The van der Waals surface area contributed by atoms with E-state index in [9.17, 15) is 0 Å². The van der Waals surface area contributed by atoms with Crippen molar-refractivity contribution in [1.82, 2.24) is 5.32 Å². The molecule has 2 aliphatic rings. The summed E-state index contributed by atoms with van der Waals surface area (Å²) in [5.74, 6) is 0.832. The third-order valence-corrected chi connectivity index (χ3v) is 3.69. The first-order valence-corrected chi connectivity index (χ1v) is 6.29. The van der Waals surface area contributed by atoms with E-state index in [0.29, 0.717) is 18.9 Å². The predicted molar refractivity (Wildman–Crippen MR) is 59.7 cm³/mol. The second kappa shape index (κ2) is 5.83. The predicted octanol–water partition coefficient (Wildman–Crippen LogP) is 1.92. The molecule has 0 aromatic heterocycles. The van der Waals surface area contributed by atoms with Gasteiger partial charge in [-0.3, -0.25) is 0 Å². The normalized spacial score (nSPS) is 37.8. The molecule has 3 unspecified atom stereocenters. The third kappa shape index (κ3) is 3.44. The number of hydrogen-bond acceptors (Lipinski definition) is 3. The van der Waals surface area contributed by atoms with E-state index in [2.05, 4.69) is 12.2 Å². The van der Waals surface area contributed by atoms with E-state index in [4.69, 9.17) is 9.47 Å². The zero-order chi connectivity index (χ0) is 10.5. The maximum atomic E-state index is 5.52. The van der Waals surface area contributed by atoms with E-state index in [-0.39, 0.29) is 0 Å². The first kappa shape index (κ1) is 11.4. The standard InChI is InChI=1S/C12H23NO2/c1-10-4-2-3-5-12(10)13-8-11-6-7-14-9-15-11/h10-13H,2-9H2,1H3. The molecule has 3 atom stereocenters. The Labute approximate surface area is 92.5 Å². The lowest BCUT2D eigenvalue weighted by molar-refractivity contribution is -0.137. The maximum Gasteiger partial charge on any atom is 0.147 e. The van der Waals surface area contributed by atoms with E-state index < -0.39 is 0 Å². The van der Waals surface area contributed by atoms with Crippen molar-refractivity contribution in [3.05, 3.63) is 0 Å². The quantitative estimate of drug-likeness (QED) is 0.777. The van der Waals surface area contributed by atoms with Gasteiger partial charge in [-0.1, -0.05) is 19.8 Å². The van der Waals surface area contributed by atoms with E-state index in [1.807, 2.05) is 0 Å². The fourth-order valence-electron chi connectivity index (χ4n) is 2.56. The van der Waals surface area contributed by atoms with Crippen molar-refractivity contribution in [2.75, 3.05) is 19.9 Å². The molecule has 0 aromatic carbocycles. The number of hydrogen-bond donors (Lipinski definition) is 1. The second-order valence-corrected chi connectivity index (χ2v) is 4.88. The van der Waals surface area contributed by atoms with Crippen LogP contribution in [-0.4, -0.2) is 32.1 Å². The molecule has 1 aliphatic carbocycles. The van der Waals surface area contributed by atoms with Crippen LogP contribution in [0.2, 0.25) is 0 Å². The van der Waals surface area contributed by atoms with Crippen molar-refractivity contribution in [3.8, 4) is 0 Å². The van der Waals surface area contributed by atoms with Gasteiger partial charge in [-0.25, -0.2) is 0 Å². The minimum Gasteiger partial charge on any atom is -0.355 e. The Kier molecular flexibility index (Phi) is 4.42. The van der Waals surface area contributed by atoms with Gasteiger partial charge in [0.15, 0.2) is 0 Å². The van der Waals surface area contributed by atoms with Crippen LogP contribution in [0.1, 0.15) is 39.0 Å². The average molecular weight is 213 g/mol. The lowest BCUT2D eigenvalue weighted by Gasteiger charge is -2.32. The molecule has 88 valence electrons. The van der Waals surface area contributed by atoms with Crippen LogP contribution in [0.15, 0.2) is 0 Å². The highest BCUT2D eigenvalue weighted by Crippen LogP contribution is 2.23. The molecule has 3 nitrogen and oxygen atoms in total. The molecular weight excluding hydrogens is 190 g/mol. The molecule has 1 aliphatic heterocycles. The second-order valence-electron chi connectivity index (χ2n) is 4.88. The van der Waals surface area contributed by atoms with E-state index in [0.717, 1.165) is 25.5 Å². The molecule has 3 heteroatoms. The van der Waals surface area contributed by atoms with E-state index in [1.54, 1.807) is 0 Å². The van der Waals surface area contributed by atoms with E-state index in [1.165, 1.54) is 25.7 Å². The Hall–Kier alpha value is -0.120. The molecule has 1 saturated heterocycles. The summed E-state index contributed by atoms with van der Waals surface area (Å²) in [6.45, 7) is 4.69. The van der Waals surface area contributed by atoms with Crippen LogP contribution in [0.3, 0.4) is 0 Å². The van der Waals surface area contributed by atoms with Gasteiger partial charge in [-0.15, -0.1) is 0 Å². The Bertz CT molecular complexity index is 180. The maximum absolute atomic E-state index is 5.52. The van der Waals surface area contributed by atoms with Gasteiger partial charge in [0.05, 0.1) is 12.7 Å². The molecule has 1 heterocycles. The topological polar surface area (TPSA) is 30.5 Å². The zero-order valence-electron chi connectivity index (χ0n) is 9.71. The SMILES string of the molecule is CC1CCCCC1NCC1CCOCO1. The molecule has 0 radical (unpaired) electrons. The number of ether oxygens (including phenoxy) is 2. The van der Waals surface area contributed by atoms with Crippen molar-refractivity contribution >= 4 is 0 Å². The van der Waals surface area contributed by atoms with Crippen LogP contribution in [0.5, 0.6) is 0 Å². The van der Waals surface area contributed by atoms with Crippen LogP contribution in [0.4, 0.5) is 0 Å². The van der Waals surface area contributed by atoms with Crippen LogP contribution < -0.4 is 5.32 Å². The fourth-order valence-corrected chi connectivity index (χ4v) is 2.56. The Morgan fingerprint density at radius 1 is 1.20 bits per heavy atom. The lowest BCUT2D eigenvalue weighted by Crippen LogP contribution is -2.43. The minimum atomic E-state index is 0.368. The van der Waals surface area contributed by atoms with Crippen molar-refractivity contribution < 1.29 is 9.47 Å². The molecule has 0 spiro atoms. The molecule has 0 amide bonds. The summed E-state index contributed by atoms with van der Waals surface area (Å²) in [6.07, 6.45) is 6.92. The first-order valence-electron chi connectivity index (χ1n) is 6.29. The highest BCUT2D eigenvalue weighted by atomic mass is 16.7. The summed E-state index contributed by atoms with van der Waals surface area (Å²) in [4.78, 5) is 0. The van der Waals surface area contributed by atoms with Gasteiger partial charge in [-0.05, 0) is 25.2 Å². The lowest BCUT2D eigenvalue weighted by atomic mass is 9.86. The Morgan fingerprint density at radius 3 is 2.80 bits per heavy atom.